The van der Waals surface area contributed by atoms with Crippen molar-refractivity contribution in [1.82, 2.24) is 14.5 Å². The predicted molar refractivity (Wildman–Crippen MR) is 102 cm³/mol. The molecule has 1 aliphatic rings. The van der Waals surface area contributed by atoms with E-state index in [4.69, 9.17) is 11.6 Å². The monoisotopic (exact) mass is 370 g/mol. The van der Waals surface area contributed by atoms with E-state index in [0.717, 1.165) is 43.7 Å². The number of imidazole rings is 1. The molecule has 1 aliphatic heterocycles. The quantitative estimate of drug-likeness (QED) is 0.694. The molecule has 1 saturated heterocycles. The summed E-state index contributed by atoms with van der Waals surface area (Å²) < 4.78 is 16.0. The smallest absolute Gasteiger partial charge is 0.210 e. The molecule has 0 aliphatic carbocycles. The minimum Gasteiger partial charge on any atom is -0.339 e. The summed E-state index contributed by atoms with van der Waals surface area (Å²) in [5.41, 5.74) is 1.79. The molecule has 26 heavy (non-hydrogen) atoms. The first kappa shape index (κ1) is 17.1. The number of para-hydroxylation sites is 1. The Hall–Kier alpha value is -2.37. The Bertz CT molecular complexity index is 870. The van der Waals surface area contributed by atoms with Gasteiger partial charge in [0.15, 0.2) is 0 Å². The van der Waals surface area contributed by atoms with Gasteiger partial charge in [0, 0.05) is 50.1 Å². The van der Waals surface area contributed by atoms with Gasteiger partial charge in [-0.25, -0.2) is 9.37 Å². The Balaban J connectivity index is 1.44. The molecule has 0 N–H and O–H groups in total. The van der Waals surface area contributed by atoms with E-state index in [0.29, 0.717) is 5.69 Å². The van der Waals surface area contributed by atoms with Crippen molar-refractivity contribution in [3.8, 4) is 5.69 Å². The summed E-state index contributed by atoms with van der Waals surface area (Å²) in [5.74, 6) is 0.550. The lowest BCUT2D eigenvalue weighted by atomic mass is 10.2. The van der Waals surface area contributed by atoms with E-state index >= 15 is 0 Å². The van der Waals surface area contributed by atoms with Gasteiger partial charge in [-0.3, -0.25) is 9.47 Å². The number of anilines is 1. The Labute approximate surface area is 157 Å². The Kier molecular flexibility index (Phi) is 4.91. The van der Waals surface area contributed by atoms with Crippen molar-refractivity contribution in [2.24, 2.45) is 0 Å². The molecule has 0 radical (unpaired) electrons. The molecule has 0 spiro atoms. The van der Waals surface area contributed by atoms with E-state index in [9.17, 15) is 4.39 Å². The Morgan fingerprint density at radius 2 is 1.69 bits per heavy atom. The van der Waals surface area contributed by atoms with Crippen LogP contribution >= 0.6 is 11.6 Å². The van der Waals surface area contributed by atoms with Crippen LogP contribution in [0.25, 0.3) is 5.69 Å². The third-order valence-corrected chi connectivity index (χ3v) is 4.96. The van der Waals surface area contributed by atoms with Gasteiger partial charge in [0.05, 0.1) is 5.69 Å². The van der Waals surface area contributed by atoms with Crippen molar-refractivity contribution >= 4 is 17.5 Å². The van der Waals surface area contributed by atoms with Gasteiger partial charge in [0.2, 0.25) is 5.95 Å². The number of aromatic nitrogens is 2. The molecule has 0 saturated carbocycles. The molecular formula is C20H20ClFN4. The number of nitrogens with zero attached hydrogens (tertiary/aromatic N) is 4. The van der Waals surface area contributed by atoms with Crippen molar-refractivity contribution in [3.63, 3.8) is 0 Å². The van der Waals surface area contributed by atoms with Gasteiger partial charge in [-0.15, -0.1) is 0 Å². The van der Waals surface area contributed by atoms with Gasteiger partial charge in [-0.05, 0) is 29.8 Å². The fraction of sp³-hybridized carbons (Fsp3) is 0.250. The number of rotatable bonds is 4. The molecule has 1 aromatic heterocycles. The third kappa shape index (κ3) is 3.59. The molecule has 1 fully saturated rings. The van der Waals surface area contributed by atoms with Crippen molar-refractivity contribution in [1.29, 1.82) is 0 Å². The van der Waals surface area contributed by atoms with Gasteiger partial charge < -0.3 is 4.90 Å². The van der Waals surface area contributed by atoms with E-state index in [1.807, 2.05) is 29.0 Å². The number of hydrogen-bond donors (Lipinski definition) is 0. The molecule has 2 heterocycles. The van der Waals surface area contributed by atoms with Gasteiger partial charge in [0.1, 0.15) is 5.82 Å². The first-order valence-electron chi connectivity index (χ1n) is 8.71. The lowest BCUT2D eigenvalue weighted by molar-refractivity contribution is 0.248. The highest BCUT2D eigenvalue weighted by molar-refractivity contribution is 6.30. The number of benzene rings is 2. The normalized spacial score (nSPS) is 15.4. The molecule has 2 aromatic carbocycles. The van der Waals surface area contributed by atoms with E-state index in [-0.39, 0.29) is 5.82 Å². The number of piperazine rings is 1. The van der Waals surface area contributed by atoms with Crippen molar-refractivity contribution in [2.45, 2.75) is 6.54 Å². The summed E-state index contributed by atoms with van der Waals surface area (Å²) in [6.45, 7) is 4.50. The van der Waals surface area contributed by atoms with E-state index in [1.54, 1.807) is 18.3 Å². The summed E-state index contributed by atoms with van der Waals surface area (Å²) >= 11 is 5.95. The van der Waals surface area contributed by atoms with Crippen LogP contribution in [0.4, 0.5) is 10.3 Å². The van der Waals surface area contributed by atoms with Gasteiger partial charge in [0.25, 0.3) is 0 Å². The van der Waals surface area contributed by atoms with Crippen molar-refractivity contribution in [3.05, 3.63) is 77.3 Å². The highest BCUT2D eigenvalue weighted by atomic mass is 35.5. The molecule has 0 unspecified atom stereocenters. The summed E-state index contributed by atoms with van der Waals surface area (Å²) in [5, 5.41) is 0.763. The molecule has 0 atom stereocenters. The standard InChI is InChI=1S/C20H20ClFN4/c21-17-7-5-16(6-8-17)15-24-11-13-25(14-12-24)20-23-9-10-26(20)19-4-2-1-3-18(19)22/h1-10H,11-15H2. The highest BCUT2D eigenvalue weighted by Gasteiger charge is 2.21. The average molecular weight is 371 g/mol. The number of hydrogen-bond acceptors (Lipinski definition) is 3. The van der Waals surface area contributed by atoms with Crippen LogP contribution in [-0.4, -0.2) is 40.6 Å². The topological polar surface area (TPSA) is 24.3 Å². The minimum atomic E-state index is -0.242. The Morgan fingerprint density at radius 1 is 0.962 bits per heavy atom. The molecule has 0 amide bonds. The maximum atomic E-state index is 14.1. The van der Waals surface area contributed by atoms with Crippen LogP contribution in [0.15, 0.2) is 60.9 Å². The maximum Gasteiger partial charge on any atom is 0.210 e. The van der Waals surface area contributed by atoms with Gasteiger partial charge in [-0.1, -0.05) is 35.9 Å². The maximum absolute atomic E-state index is 14.1. The second-order valence-corrected chi connectivity index (χ2v) is 6.87. The third-order valence-electron chi connectivity index (χ3n) is 4.71. The second kappa shape index (κ2) is 7.48. The van der Waals surface area contributed by atoms with E-state index in [2.05, 4.69) is 26.9 Å². The zero-order valence-corrected chi connectivity index (χ0v) is 15.1. The SMILES string of the molecule is Fc1ccccc1-n1ccnc1N1CCN(Cc2ccc(Cl)cc2)CC1. The molecule has 6 heteroatoms. The first-order chi connectivity index (χ1) is 12.7. The van der Waals surface area contributed by atoms with Crippen LogP contribution < -0.4 is 4.90 Å². The van der Waals surface area contributed by atoms with Crippen LogP contribution in [-0.2, 0) is 6.54 Å². The van der Waals surface area contributed by atoms with Crippen LogP contribution in [0.3, 0.4) is 0 Å². The van der Waals surface area contributed by atoms with Crippen LogP contribution in [0, 0.1) is 5.82 Å². The number of halogens is 2. The molecule has 134 valence electrons. The van der Waals surface area contributed by atoms with Gasteiger partial charge in [-0.2, -0.15) is 0 Å². The van der Waals surface area contributed by atoms with Crippen LogP contribution in [0.2, 0.25) is 5.02 Å². The van der Waals surface area contributed by atoms with E-state index in [1.165, 1.54) is 11.6 Å². The predicted octanol–water partition coefficient (Wildman–Crippen LogP) is 3.99. The van der Waals surface area contributed by atoms with Gasteiger partial charge >= 0.3 is 0 Å². The summed E-state index contributed by atoms with van der Waals surface area (Å²) in [4.78, 5) is 9.09. The molecule has 3 aromatic rings. The molecule has 0 bridgehead atoms. The van der Waals surface area contributed by atoms with Crippen molar-refractivity contribution < 1.29 is 4.39 Å². The lowest BCUT2D eigenvalue weighted by Gasteiger charge is -2.35. The molecular weight excluding hydrogens is 351 g/mol. The lowest BCUT2D eigenvalue weighted by Crippen LogP contribution is -2.46. The zero-order valence-electron chi connectivity index (χ0n) is 14.4. The average Bonchev–Trinajstić information content (AvgIpc) is 3.14. The summed E-state index contributed by atoms with van der Waals surface area (Å²) in [6.07, 6.45) is 3.54. The summed E-state index contributed by atoms with van der Waals surface area (Å²) in [6, 6.07) is 14.8. The highest BCUT2D eigenvalue weighted by Crippen LogP contribution is 2.22. The van der Waals surface area contributed by atoms with Crippen molar-refractivity contribution in [2.75, 3.05) is 31.1 Å². The van der Waals surface area contributed by atoms with E-state index < -0.39 is 0 Å². The minimum absolute atomic E-state index is 0.242. The fourth-order valence-electron chi connectivity index (χ4n) is 3.32. The zero-order chi connectivity index (χ0) is 17.9. The summed E-state index contributed by atoms with van der Waals surface area (Å²) in [7, 11) is 0. The Morgan fingerprint density at radius 3 is 2.42 bits per heavy atom. The second-order valence-electron chi connectivity index (χ2n) is 6.44. The fourth-order valence-corrected chi connectivity index (χ4v) is 3.44. The van der Waals surface area contributed by atoms with Crippen LogP contribution in [0.5, 0.6) is 0 Å². The molecule has 4 nitrogen and oxygen atoms in total. The largest absolute Gasteiger partial charge is 0.339 e. The van der Waals surface area contributed by atoms with Crippen LogP contribution in [0.1, 0.15) is 5.56 Å². The first-order valence-corrected chi connectivity index (χ1v) is 9.08. The molecule has 4 rings (SSSR count).